The van der Waals surface area contributed by atoms with Gasteiger partial charge in [-0.2, -0.15) is 5.10 Å². The van der Waals surface area contributed by atoms with E-state index in [2.05, 4.69) is 10.5 Å². The summed E-state index contributed by atoms with van der Waals surface area (Å²) in [5, 5.41) is 6.12. The highest BCUT2D eigenvalue weighted by Crippen LogP contribution is 2.29. The number of nitrogens with zero attached hydrogens (tertiary/aromatic N) is 1. The van der Waals surface area contributed by atoms with Gasteiger partial charge in [0.2, 0.25) is 0 Å². The van der Waals surface area contributed by atoms with Crippen molar-refractivity contribution in [2.45, 2.75) is 20.3 Å². The molecule has 0 atom stereocenters. The van der Waals surface area contributed by atoms with E-state index in [0.717, 1.165) is 17.2 Å². The van der Waals surface area contributed by atoms with E-state index < -0.39 is 11.9 Å². The van der Waals surface area contributed by atoms with Crippen LogP contribution in [-0.2, 0) is 4.79 Å². The van der Waals surface area contributed by atoms with Gasteiger partial charge in [0.25, 0.3) is 5.91 Å². The maximum Gasteiger partial charge on any atom is 0.343 e. The Balaban J connectivity index is 1.32. The molecule has 0 saturated carbocycles. The number of carbonyl (C=O) groups excluding carboxylic acids is 2. The molecule has 1 N–H and O–H groups in total. The van der Waals surface area contributed by atoms with Crippen molar-refractivity contribution in [1.82, 2.24) is 5.43 Å². The smallest absolute Gasteiger partial charge is 0.343 e. The van der Waals surface area contributed by atoms with Gasteiger partial charge in [-0.1, -0.05) is 37.3 Å². The molecule has 4 aromatic rings. The SMILES string of the molecule is CCCOc1ccc(C(=O)Oc2ccc(/C=N\NC(=O)COc3ccc4ccccc4c3)cc2OCC)cc1. The molecule has 0 saturated heterocycles. The molecule has 1 amide bonds. The average molecular weight is 527 g/mol. The predicted molar refractivity (Wildman–Crippen MR) is 150 cm³/mol. The lowest BCUT2D eigenvalue weighted by molar-refractivity contribution is -0.123. The van der Waals surface area contributed by atoms with Crippen LogP contribution in [0.3, 0.4) is 0 Å². The maximum absolute atomic E-state index is 12.7. The molecule has 8 nitrogen and oxygen atoms in total. The first-order chi connectivity index (χ1) is 19.1. The van der Waals surface area contributed by atoms with Crippen LogP contribution in [0.2, 0.25) is 0 Å². The second kappa shape index (κ2) is 13.6. The van der Waals surface area contributed by atoms with Crippen LogP contribution < -0.4 is 24.4 Å². The van der Waals surface area contributed by atoms with Crippen molar-refractivity contribution in [3.8, 4) is 23.0 Å². The largest absolute Gasteiger partial charge is 0.494 e. The Morgan fingerprint density at radius 2 is 1.56 bits per heavy atom. The second-order valence-electron chi connectivity index (χ2n) is 8.49. The molecule has 0 aliphatic rings. The normalized spacial score (nSPS) is 10.8. The zero-order chi connectivity index (χ0) is 27.5. The fraction of sp³-hybridized carbons (Fsp3) is 0.194. The van der Waals surface area contributed by atoms with E-state index >= 15 is 0 Å². The molecule has 8 heteroatoms. The van der Waals surface area contributed by atoms with E-state index in [9.17, 15) is 9.59 Å². The predicted octanol–water partition coefficient (Wildman–Crippen LogP) is 5.78. The lowest BCUT2D eigenvalue weighted by atomic mass is 10.1. The van der Waals surface area contributed by atoms with Gasteiger partial charge in [-0.15, -0.1) is 0 Å². The van der Waals surface area contributed by atoms with Gasteiger partial charge in [0.05, 0.1) is 25.0 Å². The molecule has 0 aliphatic heterocycles. The van der Waals surface area contributed by atoms with E-state index in [1.54, 1.807) is 42.5 Å². The van der Waals surface area contributed by atoms with Crippen LogP contribution in [0.25, 0.3) is 10.8 Å². The second-order valence-corrected chi connectivity index (χ2v) is 8.49. The van der Waals surface area contributed by atoms with Gasteiger partial charge in [0, 0.05) is 0 Å². The van der Waals surface area contributed by atoms with Crippen LogP contribution in [0.1, 0.15) is 36.2 Å². The van der Waals surface area contributed by atoms with Gasteiger partial charge in [-0.3, -0.25) is 4.79 Å². The number of carbonyl (C=O) groups is 2. The summed E-state index contributed by atoms with van der Waals surface area (Å²) in [5.41, 5.74) is 3.48. The number of amides is 1. The van der Waals surface area contributed by atoms with Crippen LogP contribution in [-0.4, -0.2) is 37.9 Å². The van der Waals surface area contributed by atoms with Crippen molar-refractivity contribution in [1.29, 1.82) is 0 Å². The first-order valence-electron chi connectivity index (χ1n) is 12.7. The van der Waals surface area contributed by atoms with Gasteiger partial charge in [0.15, 0.2) is 18.1 Å². The molecular formula is C31H30N2O6. The van der Waals surface area contributed by atoms with Gasteiger partial charge in [-0.25, -0.2) is 10.2 Å². The van der Waals surface area contributed by atoms with Gasteiger partial charge in [0.1, 0.15) is 11.5 Å². The molecule has 0 heterocycles. The molecule has 0 fully saturated rings. The van der Waals surface area contributed by atoms with Crippen molar-refractivity contribution in [3.05, 3.63) is 96.1 Å². The highest BCUT2D eigenvalue weighted by atomic mass is 16.6. The van der Waals surface area contributed by atoms with Crippen LogP contribution in [0.4, 0.5) is 0 Å². The number of hydrogen-bond acceptors (Lipinski definition) is 7. The van der Waals surface area contributed by atoms with Crippen molar-refractivity contribution in [3.63, 3.8) is 0 Å². The van der Waals surface area contributed by atoms with Crippen LogP contribution in [0.5, 0.6) is 23.0 Å². The number of fused-ring (bicyclic) bond motifs is 1. The lowest BCUT2D eigenvalue weighted by Crippen LogP contribution is -2.24. The Bertz CT molecular complexity index is 1450. The number of benzene rings is 4. The van der Waals surface area contributed by atoms with E-state index in [-0.39, 0.29) is 12.4 Å². The highest BCUT2D eigenvalue weighted by Gasteiger charge is 2.14. The van der Waals surface area contributed by atoms with Crippen molar-refractivity contribution in [2.75, 3.05) is 19.8 Å². The van der Waals surface area contributed by atoms with Crippen LogP contribution in [0.15, 0.2) is 90.0 Å². The number of esters is 1. The Labute approximate surface area is 227 Å². The monoisotopic (exact) mass is 526 g/mol. The van der Waals surface area contributed by atoms with E-state index in [1.165, 1.54) is 6.21 Å². The Morgan fingerprint density at radius 1 is 0.795 bits per heavy atom. The Kier molecular flexibility index (Phi) is 9.50. The lowest BCUT2D eigenvalue weighted by Gasteiger charge is -2.12. The number of hydrogen-bond donors (Lipinski definition) is 1. The molecule has 200 valence electrons. The van der Waals surface area contributed by atoms with Gasteiger partial charge < -0.3 is 18.9 Å². The molecule has 0 bridgehead atoms. The molecule has 39 heavy (non-hydrogen) atoms. The van der Waals surface area contributed by atoms with Crippen molar-refractivity contribution < 1.29 is 28.5 Å². The van der Waals surface area contributed by atoms with E-state index in [4.69, 9.17) is 18.9 Å². The molecule has 0 aliphatic carbocycles. The number of ether oxygens (including phenoxy) is 4. The Hall–Kier alpha value is -4.85. The first kappa shape index (κ1) is 27.2. The molecule has 0 spiro atoms. The average Bonchev–Trinajstić information content (AvgIpc) is 2.96. The molecule has 0 aromatic heterocycles. The summed E-state index contributed by atoms with van der Waals surface area (Å²) in [6.07, 6.45) is 2.37. The summed E-state index contributed by atoms with van der Waals surface area (Å²) in [5.74, 6) is 1.03. The quantitative estimate of drug-likeness (QED) is 0.109. The van der Waals surface area contributed by atoms with Crippen LogP contribution >= 0.6 is 0 Å². The molecular weight excluding hydrogens is 496 g/mol. The summed E-state index contributed by atoms with van der Waals surface area (Å²) in [7, 11) is 0. The minimum absolute atomic E-state index is 0.180. The van der Waals surface area contributed by atoms with Crippen molar-refractivity contribution >= 4 is 28.9 Å². The molecule has 0 radical (unpaired) electrons. The topological polar surface area (TPSA) is 95.5 Å². The van der Waals surface area contributed by atoms with Crippen LogP contribution in [0, 0.1) is 0 Å². The third kappa shape index (κ3) is 7.82. The molecule has 0 unspecified atom stereocenters. The molecule has 4 rings (SSSR count). The third-order valence-electron chi connectivity index (χ3n) is 5.53. The summed E-state index contributed by atoms with van der Waals surface area (Å²) in [4.78, 5) is 24.8. The van der Waals surface area contributed by atoms with Crippen molar-refractivity contribution in [2.24, 2.45) is 5.10 Å². The molecule has 4 aromatic carbocycles. The summed E-state index contributed by atoms with van der Waals surface area (Å²) in [6.45, 7) is 4.66. The number of nitrogens with one attached hydrogen (secondary N) is 1. The fourth-order valence-corrected chi connectivity index (χ4v) is 3.64. The maximum atomic E-state index is 12.7. The number of rotatable bonds is 12. The summed E-state index contributed by atoms with van der Waals surface area (Å²) in [6, 6.07) is 25.3. The number of hydrazone groups is 1. The summed E-state index contributed by atoms with van der Waals surface area (Å²) >= 11 is 0. The van der Waals surface area contributed by atoms with E-state index in [0.29, 0.717) is 41.6 Å². The Morgan fingerprint density at radius 3 is 2.33 bits per heavy atom. The summed E-state index contributed by atoms with van der Waals surface area (Å²) < 4.78 is 22.4. The van der Waals surface area contributed by atoms with Gasteiger partial charge >= 0.3 is 5.97 Å². The minimum Gasteiger partial charge on any atom is -0.494 e. The zero-order valence-electron chi connectivity index (χ0n) is 21.9. The zero-order valence-corrected chi connectivity index (χ0v) is 21.9. The minimum atomic E-state index is -0.516. The van der Waals surface area contributed by atoms with Gasteiger partial charge in [-0.05, 0) is 84.3 Å². The van der Waals surface area contributed by atoms with E-state index in [1.807, 2.05) is 56.3 Å². The first-order valence-corrected chi connectivity index (χ1v) is 12.7. The fourth-order valence-electron chi connectivity index (χ4n) is 3.64. The standard InChI is InChI=1S/C31H30N2O6/c1-3-17-37-26-13-11-24(12-14-26)31(35)39-28-16-9-22(18-29(28)36-4-2)20-32-33-30(34)21-38-27-15-10-23-7-5-6-8-25(23)19-27/h5-16,18-20H,3-4,17,21H2,1-2H3,(H,33,34)/b32-20-. The highest BCUT2D eigenvalue weighted by molar-refractivity contribution is 5.92. The third-order valence-corrected chi connectivity index (χ3v) is 5.53.